The lowest BCUT2D eigenvalue weighted by molar-refractivity contribution is -0.119. The molecule has 2 N–H and O–H groups in total. The summed E-state index contributed by atoms with van der Waals surface area (Å²) in [5.74, 6) is -0.704. The Morgan fingerprint density at radius 3 is 2.46 bits per heavy atom. The van der Waals surface area contributed by atoms with Crippen molar-refractivity contribution in [1.82, 2.24) is 25.1 Å². The van der Waals surface area contributed by atoms with Crippen LogP contribution in [0.25, 0.3) is 11.1 Å². The summed E-state index contributed by atoms with van der Waals surface area (Å²) in [6.07, 6.45) is 7.00. The molecule has 3 aromatic heterocycles. The molecule has 2 fully saturated rings. The van der Waals surface area contributed by atoms with E-state index >= 15 is 4.39 Å². The van der Waals surface area contributed by atoms with Crippen LogP contribution in [-0.4, -0.2) is 44.5 Å². The third kappa shape index (κ3) is 5.91. The second-order valence-electron chi connectivity index (χ2n) is 10.5. The average Bonchev–Trinajstić information content (AvgIpc) is 3.84. The topological polar surface area (TPSA) is 111 Å². The summed E-state index contributed by atoms with van der Waals surface area (Å²) in [4.78, 5) is 35.0. The van der Waals surface area contributed by atoms with Crippen LogP contribution < -0.4 is 15.4 Å². The van der Waals surface area contributed by atoms with Gasteiger partial charge in [-0.05, 0) is 88.5 Å². The number of aromatic nitrogens is 4. The van der Waals surface area contributed by atoms with E-state index in [2.05, 4.69) is 25.7 Å². The van der Waals surface area contributed by atoms with Crippen molar-refractivity contribution >= 4 is 17.6 Å². The van der Waals surface area contributed by atoms with Crippen molar-refractivity contribution in [1.29, 1.82) is 0 Å². The summed E-state index contributed by atoms with van der Waals surface area (Å²) in [5.41, 5.74) is 1.43. The van der Waals surface area contributed by atoms with Crippen LogP contribution in [0.3, 0.4) is 0 Å². The summed E-state index contributed by atoms with van der Waals surface area (Å²) < 4.78 is 34.2. The van der Waals surface area contributed by atoms with Gasteiger partial charge in [-0.25, -0.2) is 9.37 Å². The van der Waals surface area contributed by atoms with Crippen molar-refractivity contribution in [3.63, 3.8) is 0 Å². The first-order valence-corrected chi connectivity index (χ1v) is 13.2. The maximum absolute atomic E-state index is 15.2. The molecule has 39 heavy (non-hydrogen) atoms. The van der Waals surface area contributed by atoms with Gasteiger partial charge in [0.15, 0.2) is 0 Å². The van der Waals surface area contributed by atoms with Gasteiger partial charge in [-0.15, -0.1) is 0 Å². The monoisotopic (exact) mass is 538 g/mol. The third-order valence-corrected chi connectivity index (χ3v) is 7.35. The number of halogens is 2. The van der Waals surface area contributed by atoms with Gasteiger partial charge in [0, 0.05) is 29.1 Å². The van der Waals surface area contributed by atoms with E-state index in [0.717, 1.165) is 25.7 Å². The SMILES string of the molecule is Cc1ncc(OCF)cc1-c1ccc(NC(=O)[C@@H](NC(=O)c2ccnn2C(C)C)C(C2CC2)C2CC2)nc1F. The lowest BCUT2D eigenvalue weighted by atomic mass is 9.88. The number of aryl methyl sites for hydroxylation is 1. The van der Waals surface area contributed by atoms with Crippen molar-refractivity contribution in [3.8, 4) is 16.9 Å². The van der Waals surface area contributed by atoms with E-state index in [1.165, 1.54) is 24.4 Å². The lowest BCUT2D eigenvalue weighted by Gasteiger charge is -2.27. The van der Waals surface area contributed by atoms with Gasteiger partial charge in [-0.1, -0.05) is 0 Å². The van der Waals surface area contributed by atoms with Gasteiger partial charge < -0.3 is 15.4 Å². The van der Waals surface area contributed by atoms with Crippen LogP contribution in [0.4, 0.5) is 14.6 Å². The highest BCUT2D eigenvalue weighted by Gasteiger charge is 2.48. The first-order chi connectivity index (χ1) is 18.8. The number of ether oxygens (including phenoxy) is 1. The van der Waals surface area contributed by atoms with Crippen molar-refractivity contribution < 1.29 is 23.1 Å². The van der Waals surface area contributed by atoms with E-state index in [1.54, 1.807) is 23.9 Å². The Bertz CT molecular complexity index is 1360. The molecule has 206 valence electrons. The van der Waals surface area contributed by atoms with Crippen LogP contribution in [-0.2, 0) is 4.79 Å². The molecule has 3 heterocycles. The fraction of sp³-hybridized carbons (Fsp3) is 0.464. The number of carbonyl (C=O) groups is 2. The van der Waals surface area contributed by atoms with E-state index in [1.807, 2.05) is 13.8 Å². The summed E-state index contributed by atoms with van der Waals surface area (Å²) in [6, 6.07) is 5.28. The van der Waals surface area contributed by atoms with Crippen molar-refractivity contribution in [2.24, 2.45) is 17.8 Å². The summed E-state index contributed by atoms with van der Waals surface area (Å²) in [5, 5.41) is 9.93. The largest absolute Gasteiger partial charge is 0.461 e. The standard InChI is InChI=1S/C28H32F2N6O3/c1-15(2)36-22(10-11-32-36)27(37)35-25(24(17-4-5-17)18-6-7-18)28(38)34-23-9-8-20(26(30)33-23)21-12-19(39-14-29)13-31-16(21)3/h8-13,15,17-18,24-25H,4-7,14H2,1-3H3,(H,35,37)(H,33,34,38)/t25-/m0/s1. The second-order valence-corrected chi connectivity index (χ2v) is 10.5. The van der Waals surface area contributed by atoms with Gasteiger partial charge in [0.05, 0.1) is 6.20 Å². The van der Waals surface area contributed by atoms with Crippen LogP contribution in [0.1, 0.15) is 61.8 Å². The molecule has 2 aliphatic carbocycles. The van der Waals surface area contributed by atoms with Crippen LogP contribution in [0, 0.1) is 30.6 Å². The number of nitrogens with one attached hydrogen (secondary N) is 2. The third-order valence-electron chi connectivity index (χ3n) is 7.35. The number of pyridine rings is 2. The molecule has 3 aromatic rings. The predicted molar refractivity (Wildman–Crippen MR) is 140 cm³/mol. The number of hydrogen-bond acceptors (Lipinski definition) is 6. The number of anilines is 1. The van der Waals surface area contributed by atoms with Crippen molar-refractivity contribution in [3.05, 3.63) is 54.0 Å². The molecule has 0 spiro atoms. The molecule has 1 atom stereocenters. The zero-order valence-electron chi connectivity index (χ0n) is 22.2. The number of nitrogens with zero attached hydrogens (tertiary/aromatic N) is 4. The molecular formula is C28H32F2N6O3. The fourth-order valence-electron chi connectivity index (χ4n) is 5.19. The molecule has 5 rings (SSSR count). The first-order valence-electron chi connectivity index (χ1n) is 13.2. The average molecular weight is 539 g/mol. The maximum Gasteiger partial charge on any atom is 0.270 e. The van der Waals surface area contributed by atoms with Crippen LogP contribution in [0.5, 0.6) is 5.75 Å². The van der Waals surface area contributed by atoms with Gasteiger partial charge in [-0.2, -0.15) is 9.49 Å². The maximum atomic E-state index is 15.2. The van der Waals surface area contributed by atoms with E-state index in [0.29, 0.717) is 28.8 Å². The highest BCUT2D eigenvalue weighted by molar-refractivity contribution is 6.00. The Morgan fingerprint density at radius 1 is 1.13 bits per heavy atom. The molecule has 0 unspecified atom stereocenters. The smallest absolute Gasteiger partial charge is 0.270 e. The number of alkyl halides is 1. The van der Waals surface area contributed by atoms with Gasteiger partial charge in [0.2, 0.25) is 18.7 Å². The molecule has 9 nitrogen and oxygen atoms in total. The minimum atomic E-state index is -1.03. The Hall–Kier alpha value is -3.89. The number of hydrogen-bond donors (Lipinski definition) is 2. The van der Waals surface area contributed by atoms with Crippen LogP contribution >= 0.6 is 0 Å². The van der Waals surface area contributed by atoms with Crippen LogP contribution in [0.2, 0.25) is 0 Å². The highest BCUT2D eigenvalue weighted by Crippen LogP contribution is 2.51. The minimum absolute atomic E-state index is 0.000426. The van der Waals surface area contributed by atoms with Crippen molar-refractivity contribution in [2.45, 2.75) is 58.5 Å². The Balaban J connectivity index is 1.38. The zero-order valence-corrected chi connectivity index (χ0v) is 22.2. The Labute approximate surface area is 225 Å². The number of rotatable bonds is 11. The first kappa shape index (κ1) is 26.7. The molecule has 2 amide bonds. The molecule has 11 heteroatoms. The normalized spacial score (nSPS) is 15.9. The molecular weight excluding hydrogens is 506 g/mol. The molecule has 0 aromatic carbocycles. The second kappa shape index (κ2) is 11.1. The number of amides is 2. The van der Waals surface area contributed by atoms with Gasteiger partial charge in [0.25, 0.3) is 5.91 Å². The van der Waals surface area contributed by atoms with E-state index in [9.17, 15) is 14.0 Å². The number of carbonyl (C=O) groups excluding carboxylic acids is 2. The highest BCUT2D eigenvalue weighted by atomic mass is 19.1. The quantitative estimate of drug-likeness (QED) is 0.338. The Morgan fingerprint density at radius 2 is 1.85 bits per heavy atom. The summed E-state index contributed by atoms with van der Waals surface area (Å²) >= 11 is 0. The molecule has 0 radical (unpaired) electrons. The molecule has 0 bridgehead atoms. The minimum Gasteiger partial charge on any atom is -0.461 e. The van der Waals surface area contributed by atoms with Crippen molar-refractivity contribution in [2.75, 3.05) is 12.2 Å². The Kier molecular flexibility index (Phi) is 7.58. The summed E-state index contributed by atoms with van der Waals surface area (Å²) in [7, 11) is 0. The molecule has 2 saturated carbocycles. The van der Waals surface area contributed by atoms with Crippen LogP contribution in [0.15, 0.2) is 36.7 Å². The van der Waals surface area contributed by atoms with E-state index in [-0.39, 0.29) is 35.0 Å². The lowest BCUT2D eigenvalue weighted by Crippen LogP contribution is -2.50. The summed E-state index contributed by atoms with van der Waals surface area (Å²) in [6.45, 7) is 4.52. The van der Waals surface area contributed by atoms with Gasteiger partial charge in [0.1, 0.15) is 23.3 Å². The van der Waals surface area contributed by atoms with E-state index < -0.39 is 24.8 Å². The predicted octanol–water partition coefficient (Wildman–Crippen LogP) is 4.85. The van der Waals surface area contributed by atoms with Gasteiger partial charge >= 0.3 is 0 Å². The molecule has 2 aliphatic rings. The molecule has 0 aliphatic heterocycles. The van der Waals surface area contributed by atoms with Gasteiger partial charge in [-0.3, -0.25) is 19.3 Å². The van der Waals surface area contributed by atoms with E-state index in [4.69, 9.17) is 4.74 Å². The molecule has 0 saturated heterocycles. The zero-order chi connectivity index (χ0) is 27.7. The fourth-order valence-corrected chi connectivity index (χ4v) is 5.19.